The Bertz CT molecular complexity index is 699. The second kappa shape index (κ2) is 7.25. The number of aryl methyl sites for hydroxylation is 1. The number of alkyl halides is 3. The van der Waals surface area contributed by atoms with Crippen molar-refractivity contribution >= 4 is 17.5 Å². The van der Waals surface area contributed by atoms with Gasteiger partial charge in [0.2, 0.25) is 5.88 Å². The van der Waals surface area contributed by atoms with E-state index in [-0.39, 0.29) is 11.8 Å². The van der Waals surface area contributed by atoms with Crippen LogP contribution in [0.4, 0.5) is 13.2 Å². The van der Waals surface area contributed by atoms with E-state index in [2.05, 4.69) is 9.72 Å². The van der Waals surface area contributed by atoms with Crippen LogP contribution in [0.5, 0.6) is 5.88 Å². The lowest BCUT2D eigenvalue weighted by molar-refractivity contribution is -0.154. The van der Waals surface area contributed by atoms with Gasteiger partial charge in [0, 0.05) is 36.0 Å². The number of aromatic nitrogens is 1. The summed E-state index contributed by atoms with van der Waals surface area (Å²) in [4.78, 5) is 17.8. The van der Waals surface area contributed by atoms with Gasteiger partial charge in [0.15, 0.2) is 6.61 Å². The van der Waals surface area contributed by atoms with Crippen molar-refractivity contribution in [1.29, 1.82) is 0 Å². The lowest BCUT2D eigenvalue weighted by atomic mass is 10.2. The first-order valence-electron chi connectivity index (χ1n) is 7.12. The molecule has 24 heavy (non-hydrogen) atoms. The largest absolute Gasteiger partial charge is 0.468 e. The minimum atomic E-state index is -4.41. The van der Waals surface area contributed by atoms with Gasteiger partial charge in [0.1, 0.15) is 0 Å². The van der Waals surface area contributed by atoms with Crippen LogP contribution in [0.2, 0.25) is 0 Å². The molecule has 0 radical (unpaired) electrons. The first-order valence-corrected chi connectivity index (χ1v) is 7.56. The Kier molecular flexibility index (Phi) is 5.54. The number of carbonyl (C=O) groups is 1. The molecule has 0 atom stereocenters. The smallest absolute Gasteiger partial charge is 0.422 e. The number of halogens is 4. The zero-order valence-electron chi connectivity index (χ0n) is 13.2. The molecule has 0 fully saturated rings. The van der Waals surface area contributed by atoms with Crippen molar-refractivity contribution in [2.24, 2.45) is 0 Å². The van der Waals surface area contributed by atoms with Crippen LogP contribution in [0.25, 0.3) is 0 Å². The molecule has 1 aliphatic heterocycles. The highest BCUT2D eigenvalue weighted by atomic mass is 35.5. The maximum Gasteiger partial charge on any atom is 0.422 e. The van der Waals surface area contributed by atoms with Gasteiger partial charge in [-0.1, -0.05) is 11.6 Å². The Morgan fingerprint density at radius 1 is 1.42 bits per heavy atom. The van der Waals surface area contributed by atoms with Gasteiger partial charge in [-0.15, -0.1) is 0 Å². The Balaban J connectivity index is 2.05. The number of hydrogen-bond donors (Lipinski definition) is 0. The van der Waals surface area contributed by atoms with Crippen LogP contribution in [0.1, 0.15) is 18.1 Å². The zero-order chi connectivity index (χ0) is 17.9. The van der Waals surface area contributed by atoms with Gasteiger partial charge < -0.3 is 9.64 Å². The molecule has 1 aromatic heterocycles. The topological polar surface area (TPSA) is 42.4 Å². The summed E-state index contributed by atoms with van der Waals surface area (Å²) in [5, 5.41) is 0. The molecule has 0 N–H and O–H groups in total. The Labute approximate surface area is 142 Å². The van der Waals surface area contributed by atoms with E-state index in [0.29, 0.717) is 29.8 Å². The van der Waals surface area contributed by atoms with Gasteiger partial charge in [-0.05, 0) is 37.1 Å². The SMILES string of the molecule is CC1=C(/C=C\Cl)C(=O)N(Cc2cnc(OCC(F)(F)F)c(C)c2)C1. The summed E-state index contributed by atoms with van der Waals surface area (Å²) in [5.74, 6) is -0.205. The molecule has 0 aromatic carbocycles. The molecular formula is C16H16ClF3N2O2. The van der Waals surface area contributed by atoms with Crippen molar-refractivity contribution in [1.82, 2.24) is 9.88 Å². The molecule has 1 amide bonds. The lowest BCUT2D eigenvalue weighted by Crippen LogP contribution is -2.26. The molecule has 1 aliphatic rings. The second-order valence-electron chi connectivity index (χ2n) is 5.52. The summed E-state index contributed by atoms with van der Waals surface area (Å²) in [7, 11) is 0. The fourth-order valence-corrected chi connectivity index (χ4v) is 2.55. The molecule has 2 rings (SSSR count). The summed E-state index contributed by atoms with van der Waals surface area (Å²) in [6.45, 7) is 2.85. The maximum absolute atomic E-state index is 12.3. The Hall–Kier alpha value is -2.02. The van der Waals surface area contributed by atoms with E-state index in [1.807, 2.05) is 6.92 Å². The minimum absolute atomic E-state index is 0.0658. The van der Waals surface area contributed by atoms with E-state index in [9.17, 15) is 18.0 Å². The van der Waals surface area contributed by atoms with Crippen LogP contribution in [0.3, 0.4) is 0 Å². The predicted molar refractivity (Wildman–Crippen MR) is 83.6 cm³/mol. The van der Waals surface area contributed by atoms with Crippen LogP contribution in [-0.2, 0) is 11.3 Å². The van der Waals surface area contributed by atoms with Crippen molar-refractivity contribution in [3.8, 4) is 5.88 Å². The van der Waals surface area contributed by atoms with E-state index < -0.39 is 12.8 Å². The predicted octanol–water partition coefficient (Wildman–Crippen LogP) is 3.74. The zero-order valence-corrected chi connectivity index (χ0v) is 13.9. The average molecular weight is 361 g/mol. The molecule has 130 valence electrons. The number of ether oxygens (including phenoxy) is 1. The standard InChI is InChI=1S/C16H16ClF3N2O2/c1-10-5-12(6-21-14(10)24-9-16(18,19)20)8-22-7-11(2)13(3-4-17)15(22)23/h3-6H,7-9H2,1-2H3/b4-3-. The molecule has 0 saturated carbocycles. The highest BCUT2D eigenvalue weighted by Gasteiger charge is 2.29. The molecular weight excluding hydrogens is 345 g/mol. The molecule has 2 heterocycles. The summed E-state index contributed by atoms with van der Waals surface area (Å²) in [6, 6.07) is 1.66. The third-order valence-corrected chi connectivity index (χ3v) is 3.59. The van der Waals surface area contributed by atoms with Crippen LogP contribution >= 0.6 is 11.6 Å². The number of pyridine rings is 1. The summed E-state index contributed by atoms with van der Waals surface area (Å²) >= 11 is 5.53. The second-order valence-corrected chi connectivity index (χ2v) is 5.77. The van der Waals surface area contributed by atoms with Crippen LogP contribution in [-0.4, -0.2) is 35.1 Å². The Morgan fingerprint density at radius 3 is 2.71 bits per heavy atom. The summed E-state index contributed by atoms with van der Waals surface area (Å²) < 4.78 is 41.2. The van der Waals surface area contributed by atoms with Gasteiger partial charge in [-0.2, -0.15) is 13.2 Å². The van der Waals surface area contributed by atoms with Gasteiger partial charge in [-0.25, -0.2) is 4.98 Å². The van der Waals surface area contributed by atoms with Gasteiger partial charge in [0.25, 0.3) is 5.91 Å². The van der Waals surface area contributed by atoms with Crippen LogP contribution < -0.4 is 4.74 Å². The number of carbonyl (C=O) groups excluding carboxylic acids is 1. The van der Waals surface area contributed by atoms with E-state index in [0.717, 1.165) is 5.57 Å². The van der Waals surface area contributed by atoms with Gasteiger partial charge in [0.05, 0.1) is 0 Å². The van der Waals surface area contributed by atoms with Crippen molar-refractivity contribution in [3.63, 3.8) is 0 Å². The maximum atomic E-state index is 12.3. The molecule has 0 unspecified atom stereocenters. The fraction of sp³-hybridized carbons (Fsp3) is 0.375. The highest BCUT2D eigenvalue weighted by molar-refractivity contribution is 6.26. The minimum Gasteiger partial charge on any atom is -0.468 e. The quantitative estimate of drug-likeness (QED) is 0.803. The number of amides is 1. The van der Waals surface area contributed by atoms with E-state index in [1.54, 1.807) is 24.0 Å². The number of nitrogens with zero attached hydrogens (tertiary/aromatic N) is 2. The molecule has 0 spiro atoms. The van der Waals surface area contributed by atoms with Crippen molar-refractivity contribution in [3.05, 3.63) is 46.1 Å². The molecule has 8 heteroatoms. The lowest BCUT2D eigenvalue weighted by Gasteiger charge is -2.17. The average Bonchev–Trinajstić information content (AvgIpc) is 2.73. The van der Waals surface area contributed by atoms with E-state index >= 15 is 0 Å². The van der Waals surface area contributed by atoms with Crippen molar-refractivity contribution < 1.29 is 22.7 Å². The van der Waals surface area contributed by atoms with Gasteiger partial charge >= 0.3 is 6.18 Å². The molecule has 0 aliphatic carbocycles. The third-order valence-electron chi connectivity index (χ3n) is 3.47. The summed E-state index contributed by atoms with van der Waals surface area (Å²) in [5.41, 5.74) is 3.95. The molecule has 0 bridgehead atoms. The fourth-order valence-electron chi connectivity index (χ4n) is 2.43. The van der Waals surface area contributed by atoms with Crippen LogP contribution in [0, 0.1) is 6.92 Å². The van der Waals surface area contributed by atoms with Crippen molar-refractivity contribution in [2.75, 3.05) is 13.2 Å². The molecule has 4 nitrogen and oxygen atoms in total. The van der Waals surface area contributed by atoms with Crippen molar-refractivity contribution in [2.45, 2.75) is 26.6 Å². The molecule has 0 saturated heterocycles. The van der Waals surface area contributed by atoms with Crippen LogP contribution in [0.15, 0.2) is 35.0 Å². The highest BCUT2D eigenvalue weighted by Crippen LogP contribution is 2.24. The van der Waals surface area contributed by atoms with Gasteiger partial charge in [-0.3, -0.25) is 4.79 Å². The third kappa shape index (κ3) is 4.50. The van der Waals surface area contributed by atoms with E-state index in [1.165, 1.54) is 11.7 Å². The monoisotopic (exact) mass is 360 g/mol. The first kappa shape index (κ1) is 18.3. The Morgan fingerprint density at radius 2 is 2.12 bits per heavy atom. The van der Waals surface area contributed by atoms with E-state index in [4.69, 9.17) is 11.6 Å². The number of rotatable bonds is 5. The number of hydrogen-bond acceptors (Lipinski definition) is 3. The summed E-state index contributed by atoms with van der Waals surface area (Å²) in [6.07, 6.45) is -1.45. The first-order chi connectivity index (χ1) is 11.2. The molecule has 1 aromatic rings. The normalized spacial score (nSPS) is 15.8.